The van der Waals surface area contributed by atoms with Crippen LogP contribution in [0.1, 0.15) is 30.1 Å². The van der Waals surface area contributed by atoms with Crippen LogP contribution in [0.15, 0.2) is 29.2 Å². The molecule has 2 fully saturated rings. The van der Waals surface area contributed by atoms with Gasteiger partial charge in [0.15, 0.2) is 5.78 Å². The van der Waals surface area contributed by atoms with Crippen LogP contribution >= 0.6 is 0 Å². The molecule has 0 aliphatic carbocycles. The smallest absolute Gasteiger partial charge is 0.243 e. The highest BCUT2D eigenvalue weighted by atomic mass is 32.2. The van der Waals surface area contributed by atoms with Crippen LogP contribution in [0.25, 0.3) is 0 Å². The summed E-state index contributed by atoms with van der Waals surface area (Å²) in [5.41, 5.74) is 0.537. The Hall–Kier alpha value is -1.24. The summed E-state index contributed by atoms with van der Waals surface area (Å²) in [6, 6.07) is 6.60. The lowest BCUT2D eigenvalue weighted by atomic mass is 10.2. The highest BCUT2D eigenvalue weighted by Gasteiger charge is 2.36. The van der Waals surface area contributed by atoms with Gasteiger partial charge in [-0.25, -0.2) is 8.42 Å². The van der Waals surface area contributed by atoms with Crippen molar-refractivity contribution >= 4 is 15.8 Å². The molecule has 0 N–H and O–H groups in total. The molecular weight excluding hydrogens is 288 g/mol. The Morgan fingerprint density at radius 3 is 2.52 bits per heavy atom. The molecule has 2 aliphatic rings. The van der Waals surface area contributed by atoms with Crippen molar-refractivity contribution in [3.63, 3.8) is 0 Å². The van der Waals surface area contributed by atoms with E-state index in [2.05, 4.69) is 4.90 Å². The Kier molecular flexibility index (Phi) is 3.86. The van der Waals surface area contributed by atoms with E-state index in [0.717, 1.165) is 25.9 Å². The summed E-state index contributed by atoms with van der Waals surface area (Å²) in [7, 11) is -3.45. The maximum absolute atomic E-state index is 12.7. The minimum absolute atomic E-state index is 0.0569. The summed E-state index contributed by atoms with van der Waals surface area (Å²) >= 11 is 0. The number of carbonyl (C=O) groups excluding carboxylic acids is 1. The molecule has 2 aliphatic heterocycles. The number of piperazine rings is 1. The minimum Gasteiger partial charge on any atom is -0.298 e. The van der Waals surface area contributed by atoms with Crippen molar-refractivity contribution in [1.29, 1.82) is 0 Å². The first-order chi connectivity index (χ1) is 9.98. The van der Waals surface area contributed by atoms with Crippen LogP contribution in [-0.4, -0.2) is 55.6 Å². The summed E-state index contributed by atoms with van der Waals surface area (Å²) in [6.07, 6.45) is 2.24. The molecule has 114 valence electrons. The fourth-order valence-electron chi connectivity index (χ4n) is 3.19. The molecule has 2 saturated heterocycles. The first-order valence-corrected chi connectivity index (χ1v) is 8.78. The molecule has 0 amide bonds. The second-order valence-electron chi connectivity index (χ2n) is 5.78. The van der Waals surface area contributed by atoms with E-state index >= 15 is 0 Å². The monoisotopic (exact) mass is 308 g/mol. The van der Waals surface area contributed by atoms with Crippen molar-refractivity contribution in [1.82, 2.24) is 9.21 Å². The van der Waals surface area contributed by atoms with Crippen molar-refractivity contribution in [3.8, 4) is 0 Å². The number of fused-ring (bicyclic) bond motifs is 1. The summed E-state index contributed by atoms with van der Waals surface area (Å²) < 4.78 is 26.9. The Bertz CT molecular complexity index is 639. The maximum Gasteiger partial charge on any atom is 0.243 e. The molecule has 1 unspecified atom stereocenters. The van der Waals surface area contributed by atoms with Gasteiger partial charge in [0.05, 0.1) is 4.90 Å². The van der Waals surface area contributed by atoms with Crippen LogP contribution in [0.3, 0.4) is 0 Å². The Morgan fingerprint density at radius 2 is 1.86 bits per heavy atom. The number of ketones is 1. The van der Waals surface area contributed by atoms with Gasteiger partial charge in [0.2, 0.25) is 10.0 Å². The molecule has 0 aromatic heterocycles. The zero-order chi connectivity index (χ0) is 15.0. The molecular formula is C15H20N2O3S. The highest BCUT2D eigenvalue weighted by molar-refractivity contribution is 7.89. The van der Waals surface area contributed by atoms with E-state index < -0.39 is 10.0 Å². The van der Waals surface area contributed by atoms with Gasteiger partial charge in [0.1, 0.15) is 0 Å². The van der Waals surface area contributed by atoms with Crippen molar-refractivity contribution < 1.29 is 13.2 Å². The lowest BCUT2D eigenvalue weighted by molar-refractivity contribution is 0.101. The summed E-state index contributed by atoms with van der Waals surface area (Å²) in [6.45, 7) is 4.51. The number of sulfonamides is 1. The van der Waals surface area contributed by atoms with Crippen molar-refractivity contribution in [2.45, 2.75) is 30.7 Å². The number of rotatable bonds is 3. The van der Waals surface area contributed by atoms with E-state index in [4.69, 9.17) is 0 Å². The number of carbonyl (C=O) groups is 1. The fraction of sp³-hybridized carbons (Fsp3) is 0.533. The van der Waals surface area contributed by atoms with Crippen LogP contribution in [0, 0.1) is 0 Å². The van der Waals surface area contributed by atoms with E-state index in [1.165, 1.54) is 19.1 Å². The van der Waals surface area contributed by atoms with Crippen LogP contribution in [-0.2, 0) is 10.0 Å². The molecule has 1 atom stereocenters. The van der Waals surface area contributed by atoms with Crippen molar-refractivity contribution in [3.05, 3.63) is 29.8 Å². The van der Waals surface area contributed by atoms with Gasteiger partial charge in [-0.05, 0) is 38.4 Å². The lowest BCUT2D eigenvalue weighted by Gasteiger charge is -2.36. The predicted molar refractivity (Wildman–Crippen MR) is 79.8 cm³/mol. The van der Waals surface area contributed by atoms with Crippen molar-refractivity contribution in [2.75, 3.05) is 26.2 Å². The summed E-state index contributed by atoms with van der Waals surface area (Å²) in [5.74, 6) is -0.0569. The maximum atomic E-state index is 12.7. The lowest BCUT2D eigenvalue weighted by Crippen LogP contribution is -2.51. The van der Waals surface area contributed by atoms with Gasteiger partial charge in [0.25, 0.3) is 0 Å². The van der Waals surface area contributed by atoms with Crippen LogP contribution < -0.4 is 0 Å². The molecule has 3 rings (SSSR count). The van der Waals surface area contributed by atoms with Gasteiger partial charge in [0, 0.05) is 31.2 Å². The van der Waals surface area contributed by atoms with Gasteiger partial charge >= 0.3 is 0 Å². The van der Waals surface area contributed by atoms with E-state index in [1.807, 2.05) is 0 Å². The average Bonchev–Trinajstić information content (AvgIpc) is 2.94. The number of benzene rings is 1. The normalized spacial score (nSPS) is 24.0. The molecule has 21 heavy (non-hydrogen) atoms. The third kappa shape index (κ3) is 2.75. The second kappa shape index (κ2) is 5.51. The molecule has 0 radical (unpaired) electrons. The van der Waals surface area contributed by atoms with E-state index in [-0.39, 0.29) is 10.7 Å². The molecule has 1 aromatic rings. The SMILES string of the molecule is CC(=O)c1ccc(S(=O)(=O)N2CCN3CCCC3C2)cc1. The van der Waals surface area contributed by atoms with Gasteiger partial charge < -0.3 is 0 Å². The third-order valence-corrected chi connectivity index (χ3v) is 6.33. The fourth-order valence-corrected chi connectivity index (χ4v) is 4.66. The van der Waals surface area contributed by atoms with Crippen LogP contribution in [0.4, 0.5) is 0 Å². The van der Waals surface area contributed by atoms with E-state index in [1.54, 1.807) is 16.4 Å². The predicted octanol–water partition coefficient (Wildman–Crippen LogP) is 1.36. The molecule has 5 nitrogen and oxygen atoms in total. The first-order valence-electron chi connectivity index (χ1n) is 7.34. The quantitative estimate of drug-likeness (QED) is 0.791. The Balaban J connectivity index is 1.81. The second-order valence-corrected chi connectivity index (χ2v) is 7.71. The van der Waals surface area contributed by atoms with Gasteiger partial charge in [-0.3, -0.25) is 9.69 Å². The van der Waals surface area contributed by atoms with Gasteiger partial charge in [-0.2, -0.15) is 4.31 Å². The number of hydrogen-bond acceptors (Lipinski definition) is 4. The van der Waals surface area contributed by atoms with Gasteiger partial charge in [-0.15, -0.1) is 0 Å². The molecule has 0 bridgehead atoms. The van der Waals surface area contributed by atoms with Crippen molar-refractivity contribution in [2.24, 2.45) is 0 Å². The minimum atomic E-state index is -3.45. The molecule has 0 spiro atoms. The first kappa shape index (κ1) is 14.7. The zero-order valence-corrected chi connectivity index (χ0v) is 13.0. The van der Waals surface area contributed by atoms with E-state index in [0.29, 0.717) is 24.7 Å². The number of hydrogen-bond donors (Lipinski definition) is 0. The van der Waals surface area contributed by atoms with Gasteiger partial charge in [-0.1, -0.05) is 12.1 Å². The van der Waals surface area contributed by atoms with Crippen LogP contribution in [0.2, 0.25) is 0 Å². The third-order valence-electron chi connectivity index (χ3n) is 4.45. The molecule has 6 heteroatoms. The number of nitrogens with zero attached hydrogens (tertiary/aromatic N) is 2. The summed E-state index contributed by atoms with van der Waals surface area (Å²) in [5, 5.41) is 0. The highest BCUT2D eigenvalue weighted by Crippen LogP contribution is 2.25. The summed E-state index contributed by atoms with van der Waals surface area (Å²) in [4.78, 5) is 13.9. The average molecular weight is 308 g/mol. The number of Topliss-reactive ketones (excluding diaryl/α,β-unsaturated/α-hetero) is 1. The van der Waals surface area contributed by atoms with Crippen LogP contribution in [0.5, 0.6) is 0 Å². The molecule has 2 heterocycles. The molecule has 0 saturated carbocycles. The Labute approximate surface area is 125 Å². The standard InChI is InChI=1S/C15H20N2O3S/c1-12(18)13-4-6-15(7-5-13)21(19,20)17-10-9-16-8-2-3-14(16)11-17/h4-7,14H,2-3,8-11H2,1H3. The van der Waals surface area contributed by atoms with E-state index in [9.17, 15) is 13.2 Å². The zero-order valence-electron chi connectivity index (χ0n) is 12.2. The Morgan fingerprint density at radius 1 is 1.14 bits per heavy atom. The molecule has 1 aromatic carbocycles. The largest absolute Gasteiger partial charge is 0.298 e. The topological polar surface area (TPSA) is 57.7 Å².